The van der Waals surface area contributed by atoms with Gasteiger partial charge in [0.15, 0.2) is 0 Å². The maximum atomic E-state index is 13.2. The highest BCUT2D eigenvalue weighted by Gasteiger charge is 2.22. The molecule has 1 aliphatic rings. The van der Waals surface area contributed by atoms with Gasteiger partial charge in [0.25, 0.3) is 11.5 Å². The number of fused-ring (bicyclic) bond motifs is 1. The molecule has 1 aromatic heterocycles. The van der Waals surface area contributed by atoms with E-state index in [1.54, 1.807) is 12.3 Å². The van der Waals surface area contributed by atoms with Crippen molar-refractivity contribution in [2.24, 2.45) is 0 Å². The molecule has 0 bridgehead atoms. The highest BCUT2D eigenvalue weighted by molar-refractivity contribution is 5.94. The summed E-state index contributed by atoms with van der Waals surface area (Å²) in [6, 6.07) is 23.8. The Balaban J connectivity index is 1.31. The van der Waals surface area contributed by atoms with Crippen molar-refractivity contribution >= 4 is 22.4 Å². The van der Waals surface area contributed by atoms with Crippen LogP contribution in [0.4, 0.5) is 5.69 Å². The number of nitrogens with zero attached hydrogens (tertiary/aromatic N) is 3. The number of hydrogen-bond acceptors (Lipinski definition) is 4. The maximum Gasteiger partial charge on any atom is 0.272 e. The van der Waals surface area contributed by atoms with Crippen LogP contribution >= 0.6 is 0 Å². The van der Waals surface area contributed by atoms with Crippen molar-refractivity contribution in [2.45, 2.75) is 6.42 Å². The highest BCUT2D eigenvalue weighted by atomic mass is 16.2. The van der Waals surface area contributed by atoms with Gasteiger partial charge >= 0.3 is 0 Å². The van der Waals surface area contributed by atoms with Crippen LogP contribution in [0.25, 0.3) is 10.8 Å². The van der Waals surface area contributed by atoms with E-state index < -0.39 is 0 Å². The predicted molar refractivity (Wildman–Crippen MR) is 126 cm³/mol. The average Bonchev–Trinajstić information content (AvgIpc) is 2.85. The molecule has 2 heterocycles. The number of carbonyl (C=O) groups excluding carboxylic acids is 1. The van der Waals surface area contributed by atoms with Crippen molar-refractivity contribution in [2.75, 3.05) is 31.1 Å². The van der Waals surface area contributed by atoms with Gasteiger partial charge in [0.2, 0.25) is 0 Å². The topological polar surface area (TPSA) is 69.3 Å². The first-order valence-corrected chi connectivity index (χ1v) is 10.8. The van der Waals surface area contributed by atoms with E-state index in [4.69, 9.17) is 0 Å². The van der Waals surface area contributed by atoms with Crippen molar-refractivity contribution in [1.82, 2.24) is 15.1 Å². The Labute approximate surface area is 186 Å². The van der Waals surface area contributed by atoms with Crippen molar-refractivity contribution in [3.8, 4) is 0 Å². The number of carbonyl (C=O) groups is 1. The monoisotopic (exact) mass is 424 g/mol. The summed E-state index contributed by atoms with van der Waals surface area (Å²) in [6.07, 6.45) is 2.32. The largest absolute Gasteiger partial charge is 0.368 e. The molecule has 0 spiro atoms. The summed E-state index contributed by atoms with van der Waals surface area (Å²) in [6.45, 7) is 3.06. The van der Waals surface area contributed by atoms with Crippen molar-refractivity contribution in [1.29, 1.82) is 0 Å². The van der Waals surface area contributed by atoms with Crippen molar-refractivity contribution < 1.29 is 4.79 Å². The normalized spacial score (nSPS) is 14.0. The number of aromatic amines is 1. The number of piperazine rings is 1. The molecule has 0 radical (unpaired) electrons. The summed E-state index contributed by atoms with van der Waals surface area (Å²) in [4.78, 5) is 29.4. The number of hydrogen-bond donors (Lipinski definition) is 1. The van der Waals surface area contributed by atoms with Crippen LogP contribution in [0.2, 0.25) is 0 Å². The van der Waals surface area contributed by atoms with Gasteiger partial charge in [0.1, 0.15) is 0 Å². The minimum absolute atomic E-state index is 0.0654. The van der Waals surface area contributed by atoms with Gasteiger partial charge in [0.05, 0.1) is 11.6 Å². The van der Waals surface area contributed by atoms with E-state index in [1.807, 2.05) is 59.5 Å². The third-order valence-corrected chi connectivity index (χ3v) is 6.06. The molecule has 1 N–H and O–H groups in total. The van der Waals surface area contributed by atoms with Gasteiger partial charge in [-0.3, -0.25) is 9.59 Å². The van der Waals surface area contributed by atoms with Gasteiger partial charge in [-0.1, -0.05) is 42.5 Å². The molecule has 1 aliphatic heterocycles. The third kappa shape index (κ3) is 3.99. The smallest absolute Gasteiger partial charge is 0.272 e. The van der Waals surface area contributed by atoms with Gasteiger partial charge < -0.3 is 9.80 Å². The molecule has 3 aromatic carbocycles. The molecule has 5 rings (SSSR count). The zero-order valence-corrected chi connectivity index (χ0v) is 17.7. The van der Waals surface area contributed by atoms with Crippen LogP contribution in [0, 0.1) is 0 Å². The van der Waals surface area contributed by atoms with E-state index >= 15 is 0 Å². The lowest BCUT2D eigenvalue weighted by molar-refractivity contribution is 0.0746. The Hall–Kier alpha value is -3.93. The Morgan fingerprint density at radius 1 is 0.875 bits per heavy atom. The fraction of sp³-hybridized carbons (Fsp3) is 0.192. The number of H-pyrrole nitrogens is 1. The van der Waals surface area contributed by atoms with Crippen LogP contribution in [0.15, 0.2) is 83.8 Å². The molecular formula is C26H24N4O2. The van der Waals surface area contributed by atoms with Gasteiger partial charge in [-0.05, 0) is 47.9 Å². The lowest BCUT2D eigenvalue weighted by Crippen LogP contribution is -2.48. The number of benzene rings is 3. The predicted octanol–water partition coefficient (Wildman–Crippen LogP) is 3.48. The van der Waals surface area contributed by atoms with Crippen LogP contribution in [-0.2, 0) is 6.42 Å². The SMILES string of the molecule is O=C(c1cccc(Cc2cccc3c(=O)[nH]ncc23)c1)N1CCN(c2ccccc2)CC1. The molecular weight excluding hydrogens is 400 g/mol. The molecule has 0 saturated carbocycles. The molecule has 160 valence electrons. The minimum atomic E-state index is -0.192. The molecule has 1 fully saturated rings. The average molecular weight is 425 g/mol. The van der Waals surface area contributed by atoms with E-state index in [-0.39, 0.29) is 11.5 Å². The Bertz CT molecular complexity index is 1310. The first-order chi connectivity index (χ1) is 15.7. The number of rotatable bonds is 4. The molecule has 4 aromatic rings. The molecule has 0 aliphatic carbocycles. The van der Waals surface area contributed by atoms with Gasteiger partial charge in [-0.15, -0.1) is 0 Å². The molecule has 0 atom stereocenters. The summed E-state index contributed by atoms with van der Waals surface area (Å²) >= 11 is 0. The summed E-state index contributed by atoms with van der Waals surface area (Å²) in [7, 11) is 0. The Kier molecular flexibility index (Phi) is 5.42. The summed E-state index contributed by atoms with van der Waals surface area (Å²) in [5.74, 6) is 0.0654. The van der Waals surface area contributed by atoms with Crippen LogP contribution in [0.1, 0.15) is 21.5 Å². The molecule has 6 nitrogen and oxygen atoms in total. The highest BCUT2D eigenvalue weighted by Crippen LogP contribution is 2.20. The number of aromatic nitrogens is 2. The maximum absolute atomic E-state index is 13.2. The van der Waals surface area contributed by atoms with E-state index in [0.717, 1.165) is 29.6 Å². The molecule has 1 amide bonds. The second-order valence-corrected chi connectivity index (χ2v) is 8.07. The number of anilines is 1. The first kappa shape index (κ1) is 20.0. The van der Waals surface area contributed by atoms with Gasteiger partial charge in [-0.2, -0.15) is 5.10 Å². The third-order valence-electron chi connectivity index (χ3n) is 6.06. The Morgan fingerprint density at radius 3 is 2.47 bits per heavy atom. The number of amides is 1. The lowest BCUT2D eigenvalue weighted by Gasteiger charge is -2.36. The zero-order chi connectivity index (χ0) is 21.9. The second-order valence-electron chi connectivity index (χ2n) is 8.07. The standard InChI is InChI=1S/C26H24N4O2/c31-25-23-11-5-7-20(24(23)18-27-28-25)16-19-6-4-8-21(17-19)26(32)30-14-12-29(13-15-30)22-9-2-1-3-10-22/h1-11,17-18H,12-16H2,(H,28,31). The van der Waals surface area contributed by atoms with E-state index in [1.165, 1.54) is 5.69 Å². The molecule has 32 heavy (non-hydrogen) atoms. The fourth-order valence-corrected chi connectivity index (χ4v) is 4.36. The number of nitrogens with one attached hydrogen (secondary N) is 1. The van der Waals surface area contributed by atoms with Gasteiger partial charge in [0, 0.05) is 42.8 Å². The summed E-state index contributed by atoms with van der Waals surface area (Å²) < 4.78 is 0. The lowest BCUT2D eigenvalue weighted by atomic mass is 9.98. The van der Waals surface area contributed by atoms with Crippen molar-refractivity contribution in [3.05, 3.63) is 106 Å². The fourth-order valence-electron chi connectivity index (χ4n) is 4.36. The van der Waals surface area contributed by atoms with E-state index in [2.05, 4.69) is 27.2 Å². The summed E-state index contributed by atoms with van der Waals surface area (Å²) in [5.41, 5.74) is 3.76. The first-order valence-electron chi connectivity index (χ1n) is 10.8. The van der Waals surface area contributed by atoms with Crippen LogP contribution < -0.4 is 10.5 Å². The van der Waals surface area contributed by atoms with Crippen molar-refractivity contribution in [3.63, 3.8) is 0 Å². The molecule has 0 unspecified atom stereocenters. The van der Waals surface area contributed by atoms with E-state index in [9.17, 15) is 9.59 Å². The quantitative estimate of drug-likeness (QED) is 0.545. The second kappa shape index (κ2) is 8.67. The number of para-hydroxylation sites is 1. The summed E-state index contributed by atoms with van der Waals surface area (Å²) in [5, 5.41) is 7.89. The minimum Gasteiger partial charge on any atom is -0.368 e. The van der Waals surface area contributed by atoms with Gasteiger partial charge in [-0.25, -0.2) is 5.10 Å². The van der Waals surface area contributed by atoms with Crippen LogP contribution in [0.5, 0.6) is 0 Å². The van der Waals surface area contributed by atoms with Crippen LogP contribution in [-0.4, -0.2) is 47.2 Å². The van der Waals surface area contributed by atoms with E-state index in [0.29, 0.717) is 30.5 Å². The molecule has 1 saturated heterocycles. The van der Waals surface area contributed by atoms with Crippen LogP contribution in [0.3, 0.4) is 0 Å². The Morgan fingerprint density at radius 2 is 1.66 bits per heavy atom. The molecule has 6 heteroatoms. The zero-order valence-electron chi connectivity index (χ0n) is 17.7.